The normalized spacial score (nSPS) is 9.90. The highest BCUT2D eigenvalue weighted by atomic mass is 19.1. The minimum absolute atomic E-state index is 0.203. The van der Waals surface area contributed by atoms with Crippen molar-refractivity contribution < 1.29 is 14.0 Å². The van der Waals surface area contributed by atoms with Gasteiger partial charge in [-0.15, -0.1) is 0 Å². The fraction of sp³-hybridized carbons (Fsp3) is 0.0769. The number of nitrogens with zero attached hydrogens (tertiary/aromatic N) is 2. The van der Waals surface area contributed by atoms with Crippen LogP contribution < -0.4 is 10.6 Å². The van der Waals surface area contributed by atoms with Crippen molar-refractivity contribution in [1.82, 2.24) is 9.97 Å². The van der Waals surface area contributed by atoms with Crippen molar-refractivity contribution in [2.75, 3.05) is 10.6 Å². The second kappa shape index (κ2) is 5.87. The number of urea groups is 1. The fourth-order valence-electron chi connectivity index (χ4n) is 1.47. The SMILES string of the molecule is CC(=O)c1cc(NC(=O)Nc2ccnc(F)c2)ccn1. The Morgan fingerprint density at radius 3 is 2.25 bits per heavy atom. The Labute approximate surface area is 114 Å². The highest BCUT2D eigenvalue weighted by Crippen LogP contribution is 2.11. The molecular weight excluding hydrogens is 263 g/mol. The van der Waals surface area contributed by atoms with Gasteiger partial charge in [-0.05, 0) is 18.2 Å². The molecule has 2 rings (SSSR count). The summed E-state index contributed by atoms with van der Waals surface area (Å²) in [5.74, 6) is -0.893. The maximum absolute atomic E-state index is 12.9. The molecule has 2 aromatic rings. The van der Waals surface area contributed by atoms with Gasteiger partial charge in [0, 0.05) is 36.8 Å². The molecule has 102 valence electrons. The quantitative estimate of drug-likeness (QED) is 0.665. The average molecular weight is 274 g/mol. The number of halogens is 1. The lowest BCUT2D eigenvalue weighted by atomic mass is 10.2. The van der Waals surface area contributed by atoms with Gasteiger partial charge < -0.3 is 10.6 Å². The van der Waals surface area contributed by atoms with Crippen LogP contribution in [0.15, 0.2) is 36.7 Å². The van der Waals surface area contributed by atoms with Crippen LogP contribution in [0, 0.1) is 5.95 Å². The molecule has 20 heavy (non-hydrogen) atoms. The van der Waals surface area contributed by atoms with Crippen molar-refractivity contribution in [3.8, 4) is 0 Å². The Morgan fingerprint density at radius 2 is 1.65 bits per heavy atom. The summed E-state index contributed by atoms with van der Waals surface area (Å²) in [6.45, 7) is 1.38. The van der Waals surface area contributed by atoms with Crippen LogP contribution in [0.2, 0.25) is 0 Å². The van der Waals surface area contributed by atoms with E-state index in [4.69, 9.17) is 0 Å². The standard InChI is InChI=1S/C13H11FN4O2/c1-8(19)11-6-9(2-4-15-11)17-13(20)18-10-3-5-16-12(14)7-10/h2-7H,1H3,(H2,15,16,17,18,20). The molecule has 0 unspecified atom stereocenters. The largest absolute Gasteiger partial charge is 0.323 e. The van der Waals surface area contributed by atoms with E-state index in [-0.39, 0.29) is 17.2 Å². The van der Waals surface area contributed by atoms with E-state index < -0.39 is 12.0 Å². The van der Waals surface area contributed by atoms with E-state index in [1.54, 1.807) is 6.07 Å². The first-order valence-electron chi connectivity index (χ1n) is 5.71. The molecule has 0 saturated carbocycles. The topological polar surface area (TPSA) is 84.0 Å². The van der Waals surface area contributed by atoms with Gasteiger partial charge in [0.1, 0.15) is 5.69 Å². The lowest BCUT2D eigenvalue weighted by Crippen LogP contribution is -2.19. The smallest absolute Gasteiger partial charge is 0.308 e. The Kier molecular flexibility index (Phi) is 3.99. The van der Waals surface area contributed by atoms with Gasteiger partial charge in [-0.2, -0.15) is 4.39 Å². The van der Waals surface area contributed by atoms with Crippen LogP contribution in [0.25, 0.3) is 0 Å². The van der Waals surface area contributed by atoms with E-state index in [2.05, 4.69) is 20.6 Å². The molecule has 7 heteroatoms. The van der Waals surface area contributed by atoms with Crippen molar-refractivity contribution in [2.24, 2.45) is 0 Å². The first-order chi connectivity index (χ1) is 9.54. The molecule has 0 spiro atoms. The summed E-state index contributed by atoms with van der Waals surface area (Å²) in [4.78, 5) is 30.1. The first-order valence-corrected chi connectivity index (χ1v) is 5.71. The van der Waals surface area contributed by atoms with E-state index in [9.17, 15) is 14.0 Å². The molecule has 2 aromatic heterocycles. The minimum Gasteiger partial charge on any atom is -0.308 e. The van der Waals surface area contributed by atoms with E-state index >= 15 is 0 Å². The Morgan fingerprint density at radius 1 is 1.05 bits per heavy atom. The van der Waals surface area contributed by atoms with E-state index in [1.165, 1.54) is 31.5 Å². The predicted octanol–water partition coefficient (Wildman–Crippen LogP) is 2.46. The molecule has 0 radical (unpaired) electrons. The molecule has 0 bridgehead atoms. The summed E-state index contributed by atoms with van der Waals surface area (Å²) >= 11 is 0. The van der Waals surface area contributed by atoms with Crippen LogP contribution in [0.4, 0.5) is 20.6 Å². The van der Waals surface area contributed by atoms with Crippen LogP contribution >= 0.6 is 0 Å². The zero-order chi connectivity index (χ0) is 14.5. The number of rotatable bonds is 3. The number of anilines is 2. The fourth-order valence-corrected chi connectivity index (χ4v) is 1.47. The zero-order valence-electron chi connectivity index (χ0n) is 10.6. The van der Waals surface area contributed by atoms with Gasteiger partial charge in [-0.3, -0.25) is 9.78 Å². The lowest BCUT2D eigenvalue weighted by Gasteiger charge is -2.07. The van der Waals surface area contributed by atoms with Crippen LogP contribution in [0.1, 0.15) is 17.4 Å². The highest BCUT2D eigenvalue weighted by Gasteiger charge is 2.06. The number of ketones is 1. The molecule has 0 aliphatic rings. The Balaban J connectivity index is 2.04. The monoisotopic (exact) mass is 274 g/mol. The van der Waals surface area contributed by atoms with E-state index in [0.717, 1.165) is 6.07 Å². The molecule has 0 atom stereocenters. The number of pyridine rings is 2. The van der Waals surface area contributed by atoms with Crippen molar-refractivity contribution in [2.45, 2.75) is 6.92 Å². The van der Waals surface area contributed by atoms with Gasteiger partial charge in [0.2, 0.25) is 5.95 Å². The second-order valence-electron chi connectivity index (χ2n) is 3.93. The van der Waals surface area contributed by atoms with Gasteiger partial charge >= 0.3 is 6.03 Å². The number of hydrogen-bond donors (Lipinski definition) is 2. The summed E-state index contributed by atoms with van der Waals surface area (Å²) in [6, 6.07) is 4.98. The maximum Gasteiger partial charge on any atom is 0.323 e. The van der Waals surface area contributed by atoms with Gasteiger partial charge in [-0.25, -0.2) is 9.78 Å². The molecule has 0 saturated heterocycles. The molecule has 2 N–H and O–H groups in total. The third-order valence-corrected chi connectivity index (χ3v) is 2.36. The van der Waals surface area contributed by atoms with Gasteiger partial charge in [-0.1, -0.05) is 0 Å². The number of Topliss-reactive ketones (excluding diaryl/α,β-unsaturated/α-hetero) is 1. The molecule has 0 aliphatic carbocycles. The second-order valence-corrected chi connectivity index (χ2v) is 3.93. The van der Waals surface area contributed by atoms with E-state index in [0.29, 0.717) is 5.69 Å². The molecular formula is C13H11FN4O2. The first kappa shape index (κ1) is 13.6. The minimum atomic E-state index is -0.689. The van der Waals surface area contributed by atoms with Gasteiger partial charge in [0.15, 0.2) is 5.78 Å². The molecule has 0 fully saturated rings. The predicted molar refractivity (Wildman–Crippen MR) is 71.1 cm³/mol. The maximum atomic E-state index is 12.9. The molecule has 2 heterocycles. The van der Waals surface area contributed by atoms with Crippen LogP contribution in [0.5, 0.6) is 0 Å². The van der Waals surface area contributed by atoms with E-state index in [1.807, 2.05) is 0 Å². The van der Waals surface area contributed by atoms with Gasteiger partial charge in [0.25, 0.3) is 0 Å². The zero-order valence-corrected chi connectivity index (χ0v) is 10.6. The summed E-state index contributed by atoms with van der Waals surface area (Å²) in [6.07, 6.45) is 2.66. The summed E-state index contributed by atoms with van der Waals surface area (Å²) in [5.41, 5.74) is 0.936. The van der Waals surface area contributed by atoms with Crippen molar-refractivity contribution in [3.63, 3.8) is 0 Å². The number of amides is 2. The Bertz CT molecular complexity index is 660. The summed E-state index contributed by atoms with van der Waals surface area (Å²) in [7, 11) is 0. The van der Waals surface area contributed by atoms with Gasteiger partial charge in [0.05, 0.1) is 0 Å². The summed E-state index contributed by atoms with van der Waals surface area (Å²) in [5, 5.41) is 4.96. The molecule has 0 aliphatic heterocycles. The highest BCUT2D eigenvalue weighted by molar-refractivity contribution is 6.00. The molecule has 6 nitrogen and oxygen atoms in total. The van der Waals surface area contributed by atoms with Crippen LogP contribution in [0.3, 0.4) is 0 Å². The van der Waals surface area contributed by atoms with Crippen LogP contribution in [-0.4, -0.2) is 21.8 Å². The number of hydrogen-bond acceptors (Lipinski definition) is 4. The van der Waals surface area contributed by atoms with Crippen molar-refractivity contribution in [1.29, 1.82) is 0 Å². The molecule has 0 aromatic carbocycles. The number of carbonyl (C=O) groups is 2. The number of nitrogens with one attached hydrogen (secondary N) is 2. The summed E-state index contributed by atoms with van der Waals surface area (Å²) < 4.78 is 12.9. The molecule has 2 amide bonds. The third-order valence-electron chi connectivity index (χ3n) is 2.36. The number of carbonyl (C=O) groups excluding carboxylic acids is 2. The average Bonchev–Trinajstić information content (AvgIpc) is 2.38. The Hall–Kier alpha value is -2.83. The lowest BCUT2D eigenvalue weighted by molar-refractivity contribution is 0.101. The number of aromatic nitrogens is 2. The van der Waals surface area contributed by atoms with Crippen molar-refractivity contribution >= 4 is 23.2 Å². The van der Waals surface area contributed by atoms with Crippen molar-refractivity contribution in [3.05, 3.63) is 48.3 Å². The van der Waals surface area contributed by atoms with Crippen LogP contribution in [-0.2, 0) is 0 Å². The third kappa shape index (κ3) is 3.58.